The van der Waals surface area contributed by atoms with Crippen LogP contribution >= 0.6 is 11.6 Å². The lowest BCUT2D eigenvalue weighted by molar-refractivity contribution is -0.385. The van der Waals surface area contributed by atoms with Crippen LogP contribution in [-0.4, -0.2) is 16.1 Å². The van der Waals surface area contributed by atoms with Crippen LogP contribution in [0.3, 0.4) is 0 Å². The number of benzene rings is 1. The Bertz CT molecular complexity index is 421. The third kappa shape index (κ3) is 4.63. The van der Waals surface area contributed by atoms with Gasteiger partial charge in [-0.3, -0.25) is 10.1 Å². The van der Waals surface area contributed by atoms with Crippen molar-refractivity contribution in [1.29, 1.82) is 0 Å². The molecule has 1 aromatic carbocycles. The number of aliphatic hydroxyl groups excluding tert-OH is 1. The van der Waals surface area contributed by atoms with Crippen LogP contribution in [0.1, 0.15) is 32.3 Å². The predicted octanol–water partition coefficient (Wildman–Crippen LogP) is 3.59. The first-order valence-electron chi connectivity index (χ1n) is 6.01. The number of hydrogen-bond donors (Lipinski definition) is 1. The van der Waals surface area contributed by atoms with Gasteiger partial charge >= 0.3 is 0 Å². The van der Waals surface area contributed by atoms with Crippen molar-refractivity contribution in [2.45, 2.75) is 39.2 Å². The molecule has 0 aromatic heterocycles. The lowest BCUT2D eigenvalue weighted by Gasteiger charge is -2.12. The summed E-state index contributed by atoms with van der Waals surface area (Å²) in [6.07, 6.45) is 1.25. The SMILES string of the molecule is CC(C)CC(O)CCc1cc(Cl)ccc1[N+](=O)[O-]. The van der Waals surface area contributed by atoms with Crippen molar-refractivity contribution >= 4 is 17.3 Å². The largest absolute Gasteiger partial charge is 0.393 e. The highest BCUT2D eigenvalue weighted by Gasteiger charge is 2.15. The number of nitro groups is 1. The molecule has 1 unspecified atom stereocenters. The highest BCUT2D eigenvalue weighted by molar-refractivity contribution is 6.30. The average molecular weight is 272 g/mol. The van der Waals surface area contributed by atoms with Crippen LogP contribution in [0.25, 0.3) is 0 Å². The maximum Gasteiger partial charge on any atom is 0.272 e. The van der Waals surface area contributed by atoms with E-state index >= 15 is 0 Å². The van der Waals surface area contributed by atoms with Gasteiger partial charge in [0.05, 0.1) is 11.0 Å². The minimum absolute atomic E-state index is 0.0659. The second kappa shape index (κ2) is 6.71. The first-order valence-corrected chi connectivity index (χ1v) is 6.38. The lowest BCUT2D eigenvalue weighted by Crippen LogP contribution is -2.11. The van der Waals surface area contributed by atoms with Crippen molar-refractivity contribution in [3.05, 3.63) is 38.9 Å². The molecule has 0 spiro atoms. The topological polar surface area (TPSA) is 63.4 Å². The van der Waals surface area contributed by atoms with Gasteiger partial charge in [-0.1, -0.05) is 25.4 Å². The van der Waals surface area contributed by atoms with Crippen molar-refractivity contribution in [3.63, 3.8) is 0 Å². The molecule has 1 N–H and O–H groups in total. The zero-order chi connectivity index (χ0) is 13.7. The van der Waals surface area contributed by atoms with Crippen LogP contribution < -0.4 is 0 Å². The molecule has 0 heterocycles. The van der Waals surface area contributed by atoms with E-state index in [0.29, 0.717) is 35.8 Å². The molecule has 0 bridgehead atoms. The van der Waals surface area contributed by atoms with Crippen molar-refractivity contribution in [1.82, 2.24) is 0 Å². The molecule has 1 atom stereocenters. The summed E-state index contributed by atoms with van der Waals surface area (Å²) in [4.78, 5) is 10.4. The Morgan fingerprint density at radius 1 is 1.44 bits per heavy atom. The number of aryl methyl sites for hydroxylation is 1. The minimum Gasteiger partial charge on any atom is -0.393 e. The summed E-state index contributed by atoms with van der Waals surface area (Å²) >= 11 is 5.84. The van der Waals surface area contributed by atoms with Crippen LogP contribution in [0.2, 0.25) is 5.02 Å². The molecule has 0 aliphatic heterocycles. The Kier molecular flexibility index (Phi) is 5.56. The minimum atomic E-state index is -0.427. The fourth-order valence-corrected chi connectivity index (χ4v) is 2.11. The molecule has 0 aliphatic rings. The van der Waals surface area contributed by atoms with Gasteiger partial charge in [0, 0.05) is 16.7 Å². The van der Waals surface area contributed by atoms with E-state index in [4.69, 9.17) is 11.6 Å². The number of halogens is 1. The fourth-order valence-electron chi connectivity index (χ4n) is 1.92. The van der Waals surface area contributed by atoms with E-state index < -0.39 is 11.0 Å². The van der Waals surface area contributed by atoms with Crippen LogP contribution in [-0.2, 0) is 6.42 Å². The number of nitrogens with zero attached hydrogens (tertiary/aromatic N) is 1. The molecular formula is C13H18ClNO3. The van der Waals surface area contributed by atoms with Gasteiger partial charge in [0.1, 0.15) is 0 Å². The van der Waals surface area contributed by atoms with Crippen molar-refractivity contribution < 1.29 is 10.0 Å². The molecule has 4 nitrogen and oxygen atoms in total. The van der Waals surface area contributed by atoms with Crippen molar-refractivity contribution in [3.8, 4) is 0 Å². The quantitative estimate of drug-likeness (QED) is 0.635. The number of aliphatic hydroxyl groups is 1. The van der Waals surface area contributed by atoms with E-state index in [1.165, 1.54) is 12.1 Å². The third-order valence-corrected chi connectivity index (χ3v) is 2.96. The monoisotopic (exact) mass is 271 g/mol. The summed E-state index contributed by atoms with van der Waals surface area (Å²) < 4.78 is 0. The standard InChI is InChI=1S/C13H18ClNO3/c1-9(2)7-12(16)5-3-10-8-11(14)4-6-13(10)15(17)18/h4,6,8-9,12,16H,3,5,7H2,1-2H3. The Labute approximate surface area is 112 Å². The lowest BCUT2D eigenvalue weighted by atomic mass is 9.99. The molecule has 0 radical (unpaired) electrons. The molecule has 5 heteroatoms. The summed E-state index contributed by atoms with van der Waals surface area (Å²) in [6.45, 7) is 4.07. The van der Waals surface area contributed by atoms with E-state index in [2.05, 4.69) is 0 Å². The average Bonchev–Trinajstić information content (AvgIpc) is 2.25. The molecule has 0 saturated heterocycles. The molecule has 0 fully saturated rings. The summed E-state index contributed by atoms with van der Waals surface area (Å²) in [5.41, 5.74) is 0.645. The van der Waals surface area contributed by atoms with Gasteiger partial charge in [-0.15, -0.1) is 0 Å². The zero-order valence-corrected chi connectivity index (χ0v) is 11.4. The Morgan fingerprint density at radius 3 is 2.67 bits per heavy atom. The van der Waals surface area contributed by atoms with Gasteiger partial charge in [0.2, 0.25) is 0 Å². The molecular weight excluding hydrogens is 254 g/mol. The maximum absolute atomic E-state index is 10.9. The molecule has 0 aliphatic carbocycles. The Balaban J connectivity index is 2.71. The maximum atomic E-state index is 10.9. The number of nitro benzene ring substituents is 1. The second-order valence-electron chi connectivity index (χ2n) is 4.85. The summed E-state index contributed by atoms with van der Waals surface area (Å²) in [5.74, 6) is 0.411. The molecule has 0 amide bonds. The highest BCUT2D eigenvalue weighted by Crippen LogP contribution is 2.24. The van der Waals surface area contributed by atoms with E-state index in [0.717, 1.165) is 0 Å². The van der Waals surface area contributed by atoms with Crippen molar-refractivity contribution in [2.24, 2.45) is 5.92 Å². The molecule has 0 saturated carbocycles. The second-order valence-corrected chi connectivity index (χ2v) is 5.29. The summed E-state index contributed by atoms with van der Waals surface area (Å²) in [6, 6.07) is 4.52. The third-order valence-electron chi connectivity index (χ3n) is 2.73. The fraction of sp³-hybridized carbons (Fsp3) is 0.538. The van der Waals surface area contributed by atoms with Crippen LogP contribution in [0, 0.1) is 16.0 Å². The van der Waals surface area contributed by atoms with Gasteiger partial charge in [-0.05, 0) is 37.3 Å². The van der Waals surface area contributed by atoms with Gasteiger partial charge in [0.15, 0.2) is 0 Å². The normalized spacial score (nSPS) is 12.7. The highest BCUT2D eigenvalue weighted by atomic mass is 35.5. The molecule has 1 rings (SSSR count). The molecule has 18 heavy (non-hydrogen) atoms. The Morgan fingerprint density at radius 2 is 2.11 bits per heavy atom. The smallest absolute Gasteiger partial charge is 0.272 e. The number of hydrogen-bond acceptors (Lipinski definition) is 3. The summed E-state index contributed by atoms with van der Waals surface area (Å²) in [5, 5.41) is 21.1. The van der Waals surface area contributed by atoms with E-state index in [9.17, 15) is 15.2 Å². The predicted molar refractivity (Wildman–Crippen MR) is 71.9 cm³/mol. The van der Waals surface area contributed by atoms with Gasteiger partial charge in [-0.25, -0.2) is 0 Å². The van der Waals surface area contributed by atoms with E-state index in [1.54, 1.807) is 6.07 Å². The van der Waals surface area contributed by atoms with Gasteiger partial charge in [0.25, 0.3) is 5.69 Å². The van der Waals surface area contributed by atoms with Gasteiger partial charge < -0.3 is 5.11 Å². The van der Waals surface area contributed by atoms with Crippen LogP contribution in [0.15, 0.2) is 18.2 Å². The van der Waals surface area contributed by atoms with Crippen molar-refractivity contribution in [2.75, 3.05) is 0 Å². The Hall–Kier alpha value is -1.13. The van der Waals surface area contributed by atoms with E-state index in [-0.39, 0.29) is 5.69 Å². The van der Waals surface area contributed by atoms with Crippen LogP contribution in [0.4, 0.5) is 5.69 Å². The molecule has 1 aromatic rings. The zero-order valence-electron chi connectivity index (χ0n) is 10.6. The van der Waals surface area contributed by atoms with Crippen LogP contribution in [0.5, 0.6) is 0 Å². The van der Waals surface area contributed by atoms with E-state index in [1.807, 2.05) is 13.8 Å². The first kappa shape index (κ1) is 14.9. The first-order chi connectivity index (χ1) is 8.40. The summed E-state index contributed by atoms with van der Waals surface area (Å²) in [7, 11) is 0. The van der Waals surface area contributed by atoms with Gasteiger partial charge in [-0.2, -0.15) is 0 Å². The number of rotatable bonds is 6. The molecule has 100 valence electrons.